The van der Waals surface area contributed by atoms with Crippen molar-refractivity contribution in [3.05, 3.63) is 34.2 Å². The summed E-state index contributed by atoms with van der Waals surface area (Å²) in [5, 5.41) is -0.371. The molecule has 7 heteroatoms. The van der Waals surface area contributed by atoms with Gasteiger partial charge < -0.3 is 9.64 Å². The van der Waals surface area contributed by atoms with Gasteiger partial charge in [-0.25, -0.2) is 0 Å². The zero-order valence-electron chi connectivity index (χ0n) is 20.5. The molecule has 0 N–H and O–H groups in total. The van der Waals surface area contributed by atoms with Gasteiger partial charge in [0.2, 0.25) is 5.91 Å². The Morgan fingerprint density at radius 2 is 1.74 bits per heavy atom. The monoisotopic (exact) mass is 494 g/mol. The van der Waals surface area contributed by atoms with Gasteiger partial charge >= 0.3 is 0 Å². The first kappa shape index (κ1) is 23.1. The van der Waals surface area contributed by atoms with E-state index in [-0.39, 0.29) is 29.0 Å². The largest absolute Gasteiger partial charge is 0.493 e. The first-order valence-electron chi connectivity index (χ1n) is 13.2. The van der Waals surface area contributed by atoms with Gasteiger partial charge in [0.05, 0.1) is 11.5 Å². The minimum Gasteiger partial charge on any atom is -0.493 e. The molecule has 4 aliphatic carbocycles. The Bertz CT molecular complexity index is 1060. The Balaban J connectivity index is 1.28. The topological polar surface area (TPSA) is 66.9 Å². The number of carbonyl (C=O) groups excluding carboxylic acids is 3. The average Bonchev–Trinajstić information content (AvgIpc) is 3.44. The molecule has 1 aromatic rings. The van der Waals surface area contributed by atoms with Gasteiger partial charge in [-0.1, -0.05) is 6.07 Å². The fourth-order valence-electron chi connectivity index (χ4n) is 7.72. The van der Waals surface area contributed by atoms with Crippen LogP contribution >= 0.6 is 11.8 Å². The molecule has 2 aliphatic heterocycles. The molecule has 1 aromatic carbocycles. The molecule has 7 rings (SSSR count). The summed E-state index contributed by atoms with van der Waals surface area (Å²) in [4.78, 5) is 41.6. The second-order valence-corrected chi connectivity index (χ2v) is 12.2. The molecular weight excluding hydrogens is 460 g/mol. The number of nitrogens with zero attached hydrogens (tertiary/aromatic N) is 2. The molecule has 6 aliphatic rings. The molecule has 4 saturated carbocycles. The molecule has 4 bridgehead atoms. The summed E-state index contributed by atoms with van der Waals surface area (Å²) in [6.45, 7) is 3.73. The molecule has 6 nitrogen and oxygen atoms in total. The van der Waals surface area contributed by atoms with Crippen molar-refractivity contribution in [3.8, 4) is 5.75 Å². The lowest BCUT2D eigenvalue weighted by Gasteiger charge is -2.57. The summed E-state index contributed by atoms with van der Waals surface area (Å²) in [7, 11) is 0. The van der Waals surface area contributed by atoms with Gasteiger partial charge in [0.25, 0.3) is 11.1 Å². The Morgan fingerprint density at radius 1 is 1.09 bits per heavy atom. The minimum absolute atomic E-state index is 0.148. The fourth-order valence-corrected chi connectivity index (χ4v) is 8.55. The first-order valence-corrected chi connectivity index (χ1v) is 14.1. The van der Waals surface area contributed by atoms with Crippen molar-refractivity contribution in [3.63, 3.8) is 0 Å². The highest BCUT2D eigenvalue weighted by atomic mass is 32.2. The number of benzene rings is 1. The van der Waals surface area contributed by atoms with Crippen LogP contribution in [0.15, 0.2) is 23.1 Å². The van der Waals surface area contributed by atoms with Crippen LogP contribution in [-0.2, 0) is 15.0 Å². The maximum atomic E-state index is 13.2. The van der Waals surface area contributed by atoms with Crippen molar-refractivity contribution in [1.82, 2.24) is 9.80 Å². The van der Waals surface area contributed by atoms with E-state index < -0.39 is 0 Å². The number of hydrogen-bond acceptors (Lipinski definition) is 5. The standard InChI is InChI=1S/C28H34N2O4S/c1-2-34-23-6-5-22(28-14-18-9-19(15-28)11-20(10-18)16-28)12-21(23)13-24-26(32)30(27(33)35-24)17-25(31)29-7-3-4-8-29/h5-6,12-13,18-20H,2-4,7-11,14-17H2,1H3/b24-13-. The summed E-state index contributed by atoms with van der Waals surface area (Å²) in [6, 6.07) is 6.49. The van der Waals surface area contributed by atoms with Crippen LogP contribution in [0.3, 0.4) is 0 Å². The highest BCUT2D eigenvalue weighted by Gasteiger charge is 2.51. The highest BCUT2D eigenvalue weighted by molar-refractivity contribution is 8.18. The number of amides is 3. The van der Waals surface area contributed by atoms with Gasteiger partial charge in [0.15, 0.2) is 0 Å². The summed E-state index contributed by atoms with van der Waals surface area (Å²) < 4.78 is 5.92. The normalized spacial score (nSPS) is 32.8. The summed E-state index contributed by atoms with van der Waals surface area (Å²) in [6.07, 6.45) is 11.7. The second-order valence-electron chi connectivity index (χ2n) is 11.2. The molecule has 35 heavy (non-hydrogen) atoms. The molecule has 0 unspecified atom stereocenters. The van der Waals surface area contributed by atoms with E-state index in [0.717, 1.165) is 58.6 Å². The molecule has 0 aromatic heterocycles. The van der Waals surface area contributed by atoms with E-state index in [2.05, 4.69) is 12.1 Å². The predicted octanol–water partition coefficient (Wildman–Crippen LogP) is 5.21. The number of ether oxygens (including phenoxy) is 1. The van der Waals surface area contributed by atoms with Crippen molar-refractivity contribution < 1.29 is 19.1 Å². The number of likely N-dealkylation sites (tertiary alicyclic amines) is 1. The maximum Gasteiger partial charge on any atom is 0.294 e. The number of hydrogen-bond donors (Lipinski definition) is 0. The fraction of sp³-hybridized carbons (Fsp3) is 0.607. The lowest BCUT2D eigenvalue weighted by atomic mass is 9.48. The van der Waals surface area contributed by atoms with Gasteiger partial charge in [-0.15, -0.1) is 0 Å². The van der Waals surface area contributed by atoms with Crippen LogP contribution in [-0.4, -0.2) is 53.1 Å². The van der Waals surface area contributed by atoms with E-state index >= 15 is 0 Å². The van der Waals surface area contributed by atoms with E-state index in [4.69, 9.17) is 4.74 Å². The molecule has 3 amide bonds. The van der Waals surface area contributed by atoms with Crippen molar-refractivity contribution in [2.24, 2.45) is 17.8 Å². The maximum absolute atomic E-state index is 13.2. The molecule has 2 heterocycles. The molecule has 0 atom stereocenters. The Labute approximate surface area is 211 Å². The van der Waals surface area contributed by atoms with Crippen LogP contribution in [0.1, 0.15) is 69.4 Å². The van der Waals surface area contributed by atoms with Gasteiger partial charge in [-0.3, -0.25) is 19.3 Å². The number of rotatable bonds is 6. The number of carbonyl (C=O) groups is 3. The molecule has 6 fully saturated rings. The smallest absolute Gasteiger partial charge is 0.294 e. The Kier molecular flexibility index (Phi) is 5.94. The van der Waals surface area contributed by atoms with Crippen LogP contribution in [0.4, 0.5) is 4.79 Å². The lowest BCUT2D eigenvalue weighted by Crippen LogP contribution is -2.48. The lowest BCUT2D eigenvalue weighted by molar-refractivity contribution is -0.135. The van der Waals surface area contributed by atoms with Crippen LogP contribution in [0.2, 0.25) is 0 Å². The molecule has 2 saturated heterocycles. The summed E-state index contributed by atoms with van der Waals surface area (Å²) in [5.74, 6) is 2.75. The second kappa shape index (κ2) is 8.99. The third-order valence-electron chi connectivity index (χ3n) is 8.87. The van der Waals surface area contributed by atoms with Crippen LogP contribution in [0, 0.1) is 17.8 Å². The van der Waals surface area contributed by atoms with Crippen molar-refractivity contribution in [2.75, 3.05) is 26.2 Å². The minimum atomic E-state index is -0.379. The quantitative estimate of drug-likeness (QED) is 0.508. The molecular formula is C28H34N2O4S. The van der Waals surface area contributed by atoms with Crippen LogP contribution in [0.5, 0.6) is 5.75 Å². The third-order valence-corrected chi connectivity index (χ3v) is 9.78. The molecule has 0 spiro atoms. The highest BCUT2D eigenvalue weighted by Crippen LogP contribution is 2.61. The zero-order chi connectivity index (χ0) is 24.2. The Morgan fingerprint density at radius 3 is 2.37 bits per heavy atom. The predicted molar refractivity (Wildman–Crippen MR) is 136 cm³/mol. The average molecular weight is 495 g/mol. The van der Waals surface area contributed by atoms with Crippen LogP contribution < -0.4 is 4.74 Å². The van der Waals surface area contributed by atoms with E-state index in [0.29, 0.717) is 24.6 Å². The van der Waals surface area contributed by atoms with E-state index in [1.807, 2.05) is 13.0 Å². The van der Waals surface area contributed by atoms with E-state index in [9.17, 15) is 14.4 Å². The molecule has 186 valence electrons. The first-order chi connectivity index (χ1) is 16.9. The summed E-state index contributed by atoms with van der Waals surface area (Å²) >= 11 is 0.925. The van der Waals surface area contributed by atoms with Crippen molar-refractivity contribution >= 4 is 34.9 Å². The molecule has 0 radical (unpaired) electrons. The summed E-state index contributed by atoms with van der Waals surface area (Å²) in [5.41, 5.74) is 2.45. The number of thioether (sulfide) groups is 1. The SMILES string of the molecule is CCOc1ccc(C23CC4CC(CC(C4)C2)C3)cc1/C=C1\SC(=O)N(CC(=O)N2CCCC2)C1=O. The Hall–Kier alpha value is -2.28. The van der Waals surface area contributed by atoms with Crippen LogP contribution in [0.25, 0.3) is 6.08 Å². The number of imide groups is 1. The van der Waals surface area contributed by atoms with Crippen molar-refractivity contribution in [1.29, 1.82) is 0 Å². The van der Waals surface area contributed by atoms with Crippen molar-refractivity contribution in [2.45, 2.75) is 63.7 Å². The van der Waals surface area contributed by atoms with Gasteiger partial charge in [-0.05, 0) is 117 Å². The van der Waals surface area contributed by atoms with Gasteiger partial charge in [-0.2, -0.15) is 0 Å². The van der Waals surface area contributed by atoms with E-state index in [1.165, 1.54) is 44.1 Å². The van der Waals surface area contributed by atoms with E-state index in [1.54, 1.807) is 11.0 Å². The zero-order valence-corrected chi connectivity index (χ0v) is 21.3. The van der Waals surface area contributed by atoms with Gasteiger partial charge in [0, 0.05) is 18.7 Å². The van der Waals surface area contributed by atoms with Gasteiger partial charge in [0.1, 0.15) is 12.3 Å². The third kappa shape index (κ3) is 4.20.